The zero-order chi connectivity index (χ0) is 18.6. The second kappa shape index (κ2) is 7.84. The molecule has 1 aliphatic rings. The van der Waals surface area contributed by atoms with E-state index in [4.69, 9.17) is 0 Å². The maximum absolute atomic E-state index is 12.7. The summed E-state index contributed by atoms with van der Waals surface area (Å²) in [5.74, 6) is 0. The highest BCUT2D eigenvalue weighted by Crippen LogP contribution is 2.22. The van der Waals surface area contributed by atoms with E-state index >= 15 is 0 Å². The van der Waals surface area contributed by atoms with Crippen molar-refractivity contribution >= 4 is 27.4 Å². The number of benzene rings is 1. The van der Waals surface area contributed by atoms with Crippen LogP contribution in [0.15, 0.2) is 47.5 Å². The van der Waals surface area contributed by atoms with Gasteiger partial charge in [0.05, 0.1) is 11.4 Å². The number of aryl methyl sites for hydroxylation is 1. The van der Waals surface area contributed by atoms with Gasteiger partial charge in [-0.15, -0.1) is 0 Å². The Morgan fingerprint density at radius 1 is 1.00 bits per heavy atom. The SMILES string of the molecule is Cc1nc(S(=O)(=O)N2CCCCC2)ccc1NC(=O)Nc1ccccc1. The van der Waals surface area contributed by atoms with Gasteiger partial charge in [-0.1, -0.05) is 24.6 Å². The standard InChI is InChI=1S/C18H22N4O3S/c1-14-16(21-18(23)20-15-8-4-2-5-9-15)10-11-17(19-14)26(24,25)22-12-6-3-7-13-22/h2,4-5,8-11H,3,6-7,12-13H2,1H3,(H2,20,21,23). The van der Waals surface area contributed by atoms with Crippen molar-refractivity contribution < 1.29 is 13.2 Å². The van der Waals surface area contributed by atoms with Crippen LogP contribution < -0.4 is 10.6 Å². The van der Waals surface area contributed by atoms with Gasteiger partial charge in [-0.25, -0.2) is 18.2 Å². The van der Waals surface area contributed by atoms with Crippen molar-refractivity contribution in [2.75, 3.05) is 23.7 Å². The number of carbonyl (C=O) groups is 1. The number of hydrogen-bond acceptors (Lipinski definition) is 4. The van der Waals surface area contributed by atoms with Crippen LogP contribution in [0.3, 0.4) is 0 Å². The molecular formula is C18H22N4O3S. The van der Waals surface area contributed by atoms with Crippen LogP contribution in [-0.2, 0) is 10.0 Å². The normalized spacial score (nSPS) is 15.4. The minimum Gasteiger partial charge on any atom is -0.308 e. The van der Waals surface area contributed by atoms with Crippen molar-refractivity contribution in [2.24, 2.45) is 0 Å². The van der Waals surface area contributed by atoms with E-state index in [1.165, 1.54) is 10.4 Å². The summed E-state index contributed by atoms with van der Waals surface area (Å²) in [6.07, 6.45) is 2.80. The molecule has 0 saturated carbocycles. The minimum absolute atomic E-state index is 0.0194. The molecule has 26 heavy (non-hydrogen) atoms. The maximum Gasteiger partial charge on any atom is 0.323 e. The van der Waals surface area contributed by atoms with Crippen molar-refractivity contribution in [1.29, 1.82) is 0 Å². The fourth-order valence-electron chi connectivity index (χ4n) is 2.86. The molecule has 3 rings (SSSR count). The van der Waals surface area contributed by atoms with Crippen LogP contribution in [0.1, 0.15) is 25.0 Å². The van der Waals surface area contributed by atoms with Gasteiger partial charge in [0.15, 0.2) is 5.03 Å². The lowest BCUT2D eigenvalue weighted by Crippen LogP contribution is -2.36. The smallest absolute Gasteiger partial charge is 0.308 e. The molecule has 8 heteroatoms. The average molecular weight is 374 g/mol. The number of rotatable bonds is 4. The van der Waals surface area contributed by atoms with Gasteiger partial charge < -0.3 is 10.6 Å². The molecule has 0 bridgehead atoms. The fourth-order valence-corrected chi connectivity index (χ4v) is 4.35. The number of piperidine rings is 1. The summed E-state index contributed by atoms with van der Waals surface area (Å²) >= 11 is 0. The van der Waals surface area contributed by atoms with Crippen LogP contribution in [0, 0.1) is 6.92 Å². The molecule has 0 radical (unpaired) electrons. The van der Waals surface area contributed by atoms with Crippen LogP contribution >= 0.6 is 0 Å². The number of aromatic nitrogens is 1. The predicted octanol–water partition coefficient (Wildman–Crippen LogP) is 3.21. The molecule has 2 heterocycles. The molecular weight excluding hydrogens is 352 g/mol. The lowest BCUT2D eigenvalue weighted by atomic mass is 10.2. The molecule has 1 saturated heterocycles. The number of nitrogens with one attached hydrogen (secondary N) is 2. The molecule has 0 atom stereocenters. The molecule has 0 aliphatic carbocycles. The third-order valence-corrected chi connectivity index (χ3v) is 6.06. The zero-order valence-corrected chi connectivity index (χ0v) is 15.4. The van der Waals surface area contributed by atoms with Crippen LogP contribution in [0.4, 0.5) is 16.2 Å². The number of pyridine rings is 1. The number of carbonyl (C=O) groups excluding carboxylic acids is 1. The number of nitrogens with zero attached hydrogens (tertiary/aromatic N) is 2. The largest absolute Gasteiger partial charge is 0.323 e. The Morgan fingerprint density at radius 2 is 1.69 bits per heavy atom. The minimum atomic E-state index is -3.58. The summed E-state index contributed by atoms with van der Waals surface area (Å²) in [6.45, 7) is 2.73. The molecule has 2 N–H and O–H groups in total. The number of sulfonamides is 1. The van der Waals surface area contributed by atoms with Gasteiger partial charge in [-0.2, -0.15) is 4.31 Å². The average Bonchev–Trinajstić information content (AvgIpc) is 2.65. The Hall–Kier alpha value is -2.45. The summed E-state index contributed by atoms with van der Waals surface area (Å²) in [6, 6.07) is 11.7. The highest BCUT2D eigenvalue weighted by atomic mass is 32.2. The maximum atomic E-state index is 12.7. The van der Waals surface area contributed by atoms with Crippen molar-refractivity contribution in [1.82, 2.24) is 9.29 Å². The van der Waals surface area contributed by atoms with Crippen LogP contribution in [-0.4, -0.2) is 36.8 Å². The monoisotopic (exact) mass is 374 g/mol. The van der Waals surface area contributed by atoms with Crippen LogP contribution in [0.5, 0.6) is 0 Å². The summed E-state index contributed by atoms with van der Waals surface area (Å²) < 4.78 is 26.8. The van der Waals surface area contributed by atoms with Gasteiger partial charge >= 0.3 is 6.03 Å². The molecule has 1 aliphatic heterocycles. The summed E-state index contributed by atoms with van der Waals surface area (Å²) in [7, 11) is -3.58. The van der Waals surface area contributed by atoms with E-state index in [9.17, 15) is 13.2 Å². The fraction of sp³-hybridized carbons (Fsp3) is 0.333. The lowest BCUT2D eigenvalue weighted by Gasteiger charge is -2.25. The Labute approximate surface area is 153 Å². The van der Waals surface area contributed by atoms with E-state index < -0.39 is 16.1 Å². The van der Waals surface area contributed by atoms with Gasteiger partial charge in [-0.3, -0.25) is 0 Å². The number of anilines is 2. The molecule has 1 fully saturated rings. The van der Waals surface area contributed by atoms with Crippen molar-refractivity contribution in [3.05, 3.63) is 48.2 Å². The van der Waals surface area contributed by atoms with Crippen molar-refractivity contribution in [3.63, 3.8) is 0 Å². The lowest BCUT2D eigenvalue weighted by molar-refractivity contribution is 0.262. The summed E-state index contributed by atoms with van der Waals surface area (Å²) in [4.78, 5) is 16.3. The van der Waals surface area contributed by atoms with E-state index in [1.54, 1.807) is 25.1 Å². The number of urea groups is 1. The van der Waals surface area contributed by atoms with Gasteiger partial charge in [0.25, 0.3) is 10.0 Å². The Bertz CT molecular complexity index is 879. The first-order chi connectivity index (χ1) is 12.5. The number of amides is 2. The molecule has 0 spiro atoms. The first kappa shape index (κ1) is 18.3. The highest BCUT2D eigenvalue weighted by Gasteiger charge is 2.27. The van der Waals surface area contributed by atoms with Gasteiger partial charge in [0.2, 0.25) is 0 Å². The quantitative estimate of drug-likeness (QED) is 0.860. The van der Waals surface area contributed by atoms with E-state index in [2.05, 4.69) is 15.6 Å². The van der Waals surface area contributed by atoms with Crippen LogP contribution in [0.25, 0.3) is 0 Å². The van der Waals surface area contributed by atoms with E-state index in [1.807, 2.05) is 18.2 Å². The first-order valence-corrected chi connectivity index (χ1v) is 10.0. The molecule has 1 aromatic carbocycles. The second-order valence-corrected chi connectivity index (χ2v) is 8.08. The third-order valence-electron chi connectivity index (χ3n) is 4.26. The summed E-state index contributed by atoms with van der Waals surface area (Å²) in [5.41, 5.74) is 1.59. The van der Waals surface area contributed by atoms with Crippen molar-refractivity contribution in [2.45, 2.75) is 31.2 Å². The first-order valence-electron chi connectivity index (χ1n) is 8.58. The van der Waals surface area contributed by atoms with Gasteiger partial charge in [0, 0.05) is 18.8 Å². The Morgan fingerprint density at radius 3 is 2.35 bits per heavy atom. The molecule has 138 valence electrons. The number of hydrogen-bond donors (Lipinski definition) is 2. The molecule has 7 nitrogen and oxygen atoms in total. The molecule has 2 aromatic rings. The van der Waals surface area contributed by atoms with Crippen LogP contribution in [0.2, 0.25) is 0 Å². The second-order valence-electron chi connectivity index (χ2n) is 6.19. The van der Waals surface area contributed by atoms with Gasteiger partial charge in [-0.05, 0) is 44.0 Å². The third kappa shape index (κ3) is 4.20. The van der Waals surface area contributed by atoms with Crippen molar-refractivity contribution in [3.8, 4) is 0 Å². The van der Waals surface area contributed by atoms with E-state index in [0.29, 0.717) is 30.2 Å². The highest BCUT2D eigenvalue weighted by molar-refractivity contribution is 7.89. The zero-order valence-electron chi connectivity index (χ0n) is 14.6. The molecule has 2 amide bonds. The number of para-hydroxylation sites is 1. The van der Waals surface area contributed by atoms with E-state index in [-0.39, 0.29) is 5.03 Å². The molecule has 1 aromatic heterocycles. The van der Waals surface area contributed by atoms with Gasteiger partial charge in [0.1, 0.15) is 0 Å². The predicted molar refractivity (Wildman–Crippen MR) is 101 cm³/mol. The summed E-state index contributed by atoms with van der Waals surface area (Å²) in [5, 5.41) is 5.43. The Balaban J connectivity index is 1.72. The van der Waals surface area contributed by atoms with E-state index in [0.717, 1.165) is 19.3 Å². The topological polar surface area (TPSA) is 91.4 Å². The molecule has 0 unspecified atom stereocenters. The Kier molecular flexibility index (Phi) is 5.53.